The summed E-state index contributed by atoms with van der Waals surface area (Å²) in [6.45, 7) is 3.77. The van der Waals surface area contributed by atoms with Crippen LogP contribution in [0.2, 0.25) is 0 Å². The molecule has 3 aromatic rings. The first-order valence-electron chi connectivity index (χ1n) is 12.1. The van der Waals surface area contributed by atoms with Crippen molar-refractivity contribution in [2.75, 3.05) is 18.0 Å². The van der Waals surface area contributed by atoms with Gasteiger partial charge < -0.3 is 14.8 Å². The van der Waals surface area contributed by atoms with Gasteiger partial charge in [-0.25, -0.2) is 8.42 Å². The second-order valence-corrected chi connectivity index (χ2v) is 10.7. The van der Waals surface area contributed by atoms with Gasteiger partial charge in [-0.2, -0.15) is 0 Å². The Morgan fingerprint density at radius 3 is 2.42 bits per heavy atom. The number of carbonyl (C=O) groups is 1. The molecular formula is C28H32N2O5S. The highest BCUT2D eigenvalue weighted by Gasteiger charge is 2.39. The second-order valence-electron chi connectivity index (χ2n) is 8.88. The molecule has 0 aromatic heterocycles. The van der Waals surface area contributed by atoms with Crippen LogP contribution in [0.1, 0.15) is 44.7 Å². The largest absolute Gasteiger partial charge is 0.497 e. The molecule has 1 aliphatic heterocycles. The summed E-state index contributed by atoms with van der Waals surface area (Å²) in [5.41, 5.74) is 0.842. The monoisotopic (exact) mass is 508 g/mol. The van der Waals surface area contributed by atoms with Crippen LogP contribution < -0.4 is 19.1 Å². The van der Waals surface area contributed by atoms with E-state index in [4.69, 9.17) is 9.47 Å². The molecule has 0 spiro atoms. The first-order chi connectivity index (χ1) is 17.3. The molecule has 4 rings (SSSR count). The van der Waals surface area contributed by atoms with Crippen LogP contribution in [0.3, 0.4) is 0 Å². The van der Waals surface area contributed by atoms with E-state index in [0.717, 1.165) is 28.5 Å². The molecule has 0 saturated carbocycles. The third-order valence-electron chi connectivity index (χ3n) is 6.78. The van der Waals surface area contributed by atoms with E-state index in [2.05, 4.69) is 19.2 Å². The Kier molecular flexibility index (Phi) is 7.54. The average molecular weight is 509 g/mol. The minimum absolute atomic E-state index is 0.105. The van der Waals surface area contributed by atoms with E-state index in [9.17, 15) is 13.2 Å². The SMILES string of the molecule is CCC1(CC)C[C@H](NC(=O)CN(c2cccc(OC)c2)S(=O)(=O)c2ccccc2)c2ccccc2O1. The van der Waals surface area contributed by atoms with Crippen LogP contribution in [0.5, 0.6) is 11.5 Å². The molecule has 1 amide bonds. The maximum Gasteiger partial charge on any atom is 0.264 e. The number of rotatable bonds is 9. The van der Waals surface area contributed by atoms with Crippen LogP contribution in [0.25, 0.3) is 0 Å². The van der Waals surface area contributed by atoms with Crippen LogP contribution in [0, 0.1) is 0 Å². The minimum atomic E-state index is -4.02. The fraction of sp³-hybridized carbons (Fsp3) is 0.321. The first-order valence-corrected chi connectivity index (χ1v) is 13.5. The lowest BCUT2D eigenvalue weighted by atomic mass is 9.83. The lowest BCUT2D eigenvalue weighted by Gasteiger charge is -2.41. The number of nitrogens with zero attached hydrogens (tertiary/aromatic N) is 1. The standard InChI is InChI=1S/C28H32N2O5S/c1-4-28(5-2)19-25(24-16-9-10-17-26(24)35-28)29-27(31)20-30(21-12-11-13-22(18-21)34-3)36(32,33)23-14-7-6-8-15-23/h6-18,25H,4-5,19-20H2,1-3H3,(H,29,31)/t25-/m0/s1. The highest BCUT2D eigenvalue weighted by Crippen LogP contribution is 2.42. The first kappa shape index (κ1) is 25.6. The zero-order valence-corrected chi connectivity index (χ0v) is 21.6. The summed E-state index contributed by atoms with van der Waals surface area (Å²) >= 11 is 0. The number of nitrogens with one attached hydrogen (secondary N) is 1. The normalized spacial score (nSPS) is 16.4. The molecule has 0 unspecified atom stereocenters. The van der Waals surface area contributed by atoms with Crippen LogP contribution in [0.15, 0.2) is 83.8 Å². The summed E-state index contributed by atoms with van der Waals surface area (Å²) < 4.78 is 40.0. The highest BCUT2D eigenvalue weighted by atomic mass is 32.2. The number of methoxy groups -OCH3 is 1. The van der Waals surface area contributed by atoms with E-state index in [0.29, 0.717) is 17.9 Å². The van der Waals surface area contributed by atoms with Crippen molar-refractivity contribution in [3.05, 3.63) is 84.4 Å². The molecule has 36 heavy (non-hydrogen) atoms. The van der Waals surface area contributed by atoms with Crippen molar-refractivity contribution in [2.24, 2.45) is 0 Å². The lowest BCUT2D eigenvalue weighted by Crippen LogP contribution is -2.47. The second kappa shape index (κ2) is 10.6. The third kappa shape index (κ3) is 5.18. The van der Waals surface area contributed by atoms with Crippen molar-refractivity contribution in [3.8, 4) is 11.5 Å². The van der Waals surface area contributed by atoms with Gasteiger partial charge in [0, 0.05) is 18.1 Å². The zero-order valence-electron chi connectivity index (χ0n) is 20.8. The molecule has 0 bridgehead atoms. The Morgan fingerprint density at radius 1 is 1.03 bits per heavy atom. The van der Waals surface area contributed by atoms with Crippen LogP contribution in [0.4, 0.5) is 5.69 Å². The van der Waals surface area contributed by atoms with Crippen molar-refractivity contribution in [1.82, 2.24) is 5.32 Å². The molecule has 1 aliphatic rings. The Bertz CT molecular complexity index is 1310. The lowest BCUT2D eigenvalue weighted by molar-refractivity contribution is -0.121. The number of amides is 1. The molecule has 3 aromatic carbocycles. The number of ether oxygens (including phenoxy) is 2. The van der Waals surface area contributed by atoms with E-state index < -0.39 is 21.5 Å². The van der Waals surface area contributed by atoms with Crippen LogP contribution >= 0.6 is 0 Å². The summed E-state index contributed by atoms with van der Waals surface area (Å²) in [4.78, 5) is 13.5. The molecule has 0 fully saturated rings. The van der Waals surface area contributed by atoms with Crippen LogP contribution in [-0.2, 0) is 14.8 Å². The van der Waals surface area contributed by atoms with Crippen molar-refractivity contribution in [1.29, 1.82) is 0 Å². The Hall–Kier alpha value is -3.52. The van der Waals surface area contributed by atoms with Gasteiger partial charge in [-0.3, -0.25) is 9.10 Å². The number of hydrogen-bond acceptors (Lipinski definition) is 5. The minimum Gasteiger partial charge on any atom is -0.497 e. The maximum absolute atomic E-state index is 13.6. The highest BCUT2D eigenvalue weighted by molar-refractivity contribution is 7.92. The molecular weight excluding hydrogens is 476 g/mol. The van der Waals surface area contributed by atoms with E-state index in [-0.39, 0.29) is 17.5 Å². The number of benzene rings is 3. The molecule has 1 heterocycles. The maximum atomic E-state index is 13.6. The van der Waals surface area contributed by atoms with Gasteiger partial charge in [0.1, 0.15) is 23.6 Å². The fourth-order valence-electron chi connectivity index (χ4n) is 4.60. The molecule has 0 aliphatic carbocycles. The van der Waals surface area contributed by atoms with Gasteiger partial charge >= 0.3 is 0 Å². The van der Waals surface area contributed by atoms with Gasteiger partial charge in [-0.1, -0.05) is 56.3 Å². The van der Waals surface area contributed by atoms with Gasteiger partial charge in [-0.15, -0.1) is 0 Å². The van der Waals surface area contributed by atoms with E-state index >= 15 is 0 Å². The number of hydrogen-bond donors (Lipinski definition) is 1. The van der Waals surface area contributed by atoms with Crippen LogP contribution in [-0.4, -0.2) is 33.6 Å². The molecule has 1 atom stereocenters. The van der Waals surface area contributed by atoms with Crippen molar-refractivity contribution < 1.29 is 22.7 Å². The number of para-hydroxylation sites is 1. The topological polar surface area (TPSA) is 84.9 Å². The fourth-order valence-corrected chi connectivity index (χ4v) is 6.03. The van der Waals surface area contributed by atoms with E-state index in [1.807, 2.05) is 24.3 Å². The summed E-state index contributed by atoms with van der Waals surface area (Å²) in [5.74, 6) is 0.842. The summed E-state index contributed by atoms with van der Waals surface area (Å²) in [6, 6.07) is 22.2. The Labute approximate surface area is 213 Å². The van der Waals surface area contributed by atoms with E-state index in [1.54, 1.807) is 42.5 Å². The summed E-state index contributed by atoms with van der Waals surface area (Å²) in [5, 5.41) is 3.09. The summed E-state index contributed by atoms with van der Waals surface area (Å²) in [6.07, 6.45) is 2.19. The average Bonchev–Trinajstić information content (AvgIpc) is 2.92. The van der Waals surface area contributed by atoms with Crippen molar-refractivity contribution in [2.45, 2.75) is 49.6 Å². The van der Waals surface area contributed by atoms with Gasteiger partial charge in [0.15, 0.2) is 0 Å². The number of sulfonamides is 1. The Morgan fingerprint density at radius 2 is 1.72 bits per heavy atom. The smallest absolute Gasteiger partial charge is 0.264 e. The number of anilines is 1. The van der Waals surface area contributed by atoms with Gasteiger partial charge in [-0.05, 0) is 43.2 Å². The zero-order chi connectivity index (χ0) is 25.8. The molecule has 0 radical (unpaired) electrons. The quantitative estimate of drug-likeness (QED) is 0.435. The molecule has 190 valence electrons. The van der Waals surface area contributed by atoms with Crippen molar-refractivity contribution >= 4 is 21.6 Å². The molecule has 7 nitrogen and oxygen atoms in total. The Balaban J connectivity index is 1.66. The number of fused-ring (bicyclic) bond motifs is 1. The predicted molar refractivity (Wildman–Crippen MR) is 140 cm³/mol. The molecule has 8 heteroatoms. The molecule has 0 saturated heterocycles. The third-order valence-corrected chi connectivity index (χ3v) is 8.57. The van der Waals surface area contributed by atoms with E-state index in [1.165, 1.54) is 19.2 Å². The van der Waals surface area contributed by atoms with Gasteiger partial charge in [0.05, 0.1) is 23.7 Å². The van der Waals surface area contributed by atoms with Gasteiger partial charge in [0.25, 0.3) is 10.0 Å². The molecule has 1 N–H and O–H groups in total. The number of carbonyl (C=O) groups excluding carboxylic acids is 1. The van der Waals surface area contributed by atoms with Gasteiger partial charge in [0.2, 0.25) is 5.91 Å². The predicted octanol–water partition coefficient (Wildman–Crippen LogP) is 5.09. The van der Waals surface area contributed by atoms with Crippen molar-refractivity contribution in [3.63, 3.8) is 0 Å². The summed E-state index contributed by atoms with van der Waals surface area (Å²) in [7, 11) is -2.50.